The smallest absolute Gasteiger partial charge is 0.159 e. The number of allylic oxidation sites excluding steroid dienone is 2. The van der Waals surface area contributed by atoms with E-state index in [4.69, 9.17) is 4.74 Å². The van der Waals surface area contributed by atoms with Crippen LogP contribution in [0.5, 0.6) is 5.75 Å². The largest absolute Gasteiger partial charge is 0.486 e. The minimum Gasteiger partial charge on any atom is -0.486 e. The Kier molecular flexibility index (Phi) is 3.20. The van der Waals surface area contributed by atoms with Crippen molar-refractivity contribution in [2.75, 3.05) is 0 Å². The predicted molar refractivity (Wildman–Crippen MR) is 63.4 cm³/mol. The van der Waals surface area contributed by atoms with Crippen LogP contribution in [0, 0.1) is 0 Å². The Morgan fingerprint density at radius 1 is 1.31 bits per heavy atom. The number of rotatable bonds is 3. The Bertz CT molecular complexity index is 429. The van der Waals surface area contributed by atoms with E-state index in [-0.39, 0.29) is 11.9 Å². The van der Waals surface area contributed by atoms with Crippen molar-refractivity contribution in [3.8, 4) is 5.75 Å². The molecule has 0 saturated carbocycles. The van der Waals surface area contributed by atoms with Crippen LogP contribution in [0.25, 0.3) is 0 Å². The van der Waals surface area contributed by atoms with Gasteiger partial charge in [0, 0.05) is 12.0 Å². The lowest BCUT2D eigenvalue weighted by molar-refractivity contribution is -0.113. The van der Waals surface area contributed by atoms with Gasteiger partial charge in [-0.25, -0.2) is 0 Å². The Morgan fingerprint density at radius 2 is 2.06 bits per heavy atom. The van der Waals surface area contributed by atoms with Crippen LogP contribution in [-0.4, -0.2) is 11.9 Å². The minimum absolute atomic E-state index is 0.0329. The first-order chi connectivity index (χ1) is 7.75. The fraction of sp³-hybridized carbons (Fsp3) is 0.214. The van der Waals surface area contributed by atoms with Crippen molar-refractivity contribution >= 4 is 5.78 Å². The van der Waals surface area contributed by atoms with Crippen molar-refractivity contribution < 1.29 is 9.53 Å². The molecule has 0 bridgehead atoms. The summed E-state index contributed by atoms with van der Waals surface area (Å²) in [6.07, 6.45) is 6.48. The maximum Gasteiger partial charge on any atom is 0.159 e. The monoisotopic (exact) mass is 214 g/mol. The molecule has 0 saturated heterocycles. The highest BCUT2D eigenvalue weighted by Crippen LogP contribution is 2.18. The molecule has 1 aliphatic rings. The van der Waals surface area contributed by atoms with Crippen molar-refractivity contribution in [1.29, 1.82) is 0 Å². The zero-order chi connectivity index (χ0) is 11.4. The van der Waals surface area contributed by atoms with E-state index in [1.807, 2.05) is 48.6 Å². The summed E-state index contributed by atoms with van der Waals surface area (Å²) >= 11 is 0. The van der Waals surface area contributed by atoms with Crippen molar-refractivity contribution in [1.82, 2.24) is 0 Å². The van der Waals surface area contributed by atoms with Crippen LogP contribution in [0.1, 0.15) is 13.3 Å². The average molecular weight is 214 g/mol. The fourth-order valence-corrected chi connectivity index (χ4v) is 1.62. The molecule has 2 heteroatoms. The molecule has 1 aliphatic carbocycles. The molecule has 1 aromatic rings. The topological polar surface area (TPSA) is 26.3 Å². The van der Waals surface area contributed by atoms with Gasteiger partial charge in [-0.3, -0.25) is 4.79 Å². The van der Waals surface area contributed by atoms with E-state index in [0.29, 0.717) is 0 Å². The lowest BCUT2D eigenvalue weighted by Gasteiger charge is -2.17. The van der Waals surface area contributed by atoms with Crippen LogP contribution in [0.4, 0.5) is 0 Å². The molecule has 0 heterocycles. The highest BCUT2D eigenvalue weighted by Gasteiger charge is 2.11. The fourth-order valence-electron chi connectivity index (χ4n) is 1.62. The maximum absolute atomic E-state index is 11.1. The molecule has 16 heavy (non-hydrogen) atoms. The van der Waals surface area contributed by atoms with Gasteiger partial charge in [-0.15, -0.1) is 0 Å². The summed E-state index contributed by atoms with van der Waals surface area (Å²) < 4.78 is 5.74. The molecule has 0 aromatic heterocycles. The van der Waals surface area contributed by atoms with E-state index < -0.39 is 0 Å². The van der Waals surface area contributed by atoms with Crippen LogP contribution in [0.2, 0.25) is 0 Å². The molecule has 0 aliphatic heterocycles. The molecule has 2 rings (SSSR count). The number of ketones is 1. The molecule has 1 unspecified atom stereocenters. The summed E-state index contributed by atoms with van der Waals surface area (Å²) in [5.74, 6) is 0.964. The SMILES string of the molecule is CC(=O)C1=CCC(Oc2ccccc2)C=C1. The van der Waals surface area contributed by atoms with Gasteiger partial charge in [0.1, 0.15) is 11.9 Å². The average Bonchev–Trinajstić information content (AvgIpc) is 2.31. The number of Topliss-reactive ketones (excluding diaryl/α,β-unsaturated/α-hetero) is 1. The van der Waals surface area contributed by atoms with Crippen LogP contribution in [0.3, 0.4) is 0 Å². The van der Waals surface area contributed by atoms with Gasteiger partial charge in [-0.1, -0.05) is 30.4 Å². The molecule has 2 nitrogen and oxygen atoms in total. The van der Waals surface area contributed by atoms with Gasteiger partial charge in [0.15, 0.2) is 5.78 Å². The van der Waals surface area contributed by atoms with Crippen LogP contribution in [0.15, 0.2) is 54.1 Å². The zero-order valence-corrected chi connectivity index (χ0v) is 9.22. The van der Waals surface area contributed by atoms with Crippen molar-refractivity contribution in [3.63, 3.8) is 0 Å². The summed E-state index contributed by atoms with van der Waals surface area (Å²) in [5.41, 5.74) is 0.771. The normalized spacial score (nSPS) is 19.1. The van der Waals surface area contributed by atoms with E-state index in [0.717, 1.165) is 17.7 Å². The van der Waals surface area contributed by atoms with Gasteiger partial charge in [-0.05, 0) is 25.1 Å². The first-order valence-electron chi connectivity index (χ1n) is 5.37. The van der Waals surface area contributed by atoms with Crippen LogP contribution in [-0.2, 0) is 4.79 Å². The van der Waals surface area contributed by atoms with Crippen LogP contribution >= 0.6 is 0 Å². The molecule has 1 aromatic carbocycles. The number of para-hydroxylation sites is 1. The quantitative estimate of drug-likeness (QED) is 0.773. The van der Waals surface area contributed by atoms with E-state index in [9.17, 15) is 4.79 Å². The Morgan fingerprint density at radius 3 is 2.62 bits per heavy atom. The number of carbonyl (C=O) groups is 1. The van der Waals surface area contributed by atoms with Gasteiger partial charge < -0.3 is 4.74 Å². The first-order valence-corrected chi connectivity index (χ1v) is 5.37. The summed E-state index contributed by atoms with van der Waals surface area (Å²) in [5, 5.41) is 0. The number of carbonyl (C=O) groups excluding carboxylic acids is 1. The summed E-state index contributed by atoms with van der Waals surface area (Å²) in [4.78, 5) is 11.1. The maximum atomic E-state index is 11.1. The summed E-state index contributed by atoms with van der Waals surface area (Å²) in [6, 6.07) is 9.70. The van der Waals surface area contributed by atoms with Gasteiger partial charge >= 0.3 is 0 Å². The summed E-state index contributed by atoms with van der Waals surface area (Å²) in [6.45, 7) is 1.58. The minimum atomic E-state index is 0.0329. The second kappa shape index (κ2) is 4.79. The van der Waals surface area contributed by atoms with Gasteiger partial charge in [0.05, 0.1) is 0 Å². The predicted octanol–water partition coefficient (Wildman–Crippen LogP) is 2.91. The van der Waals surface area contributed by atoms with Gasteiger partial charge in [-0.2, -0.15) is 0 Å². The van der Waals surface area contributed by atoms with Crippen LogP contribution < -0.4 is 4.74 Å². The molecule has 1 atom stereocenters. The number of hydrogen-bond acceptors (Lipinski definition) is 2. The molecule has 0 amide bonds. The standard InChI is InChI=1S/C14H14O2/c1-11(15)12-7-9-14(10-8-12)16-13-5-3-2-4-6-13/h2-9,14H,10H2,1H3. The summed E-state index contributed by atoms with van der Waals surface area (Å²) in [7, 11) is 0. The highest BCUT2D eigenvalue weighted by molar-refractivity contribution is 5.96. The van der Waals surface area contributed by atoms with E-state index in [1.54, 1.807) is 6.92 Å². The number of benzene rings is 1. The van der Waals surface area contributed by atoms with Gasteiger partial charge in [0.25, 0.3) is 0 Å². The number of ether oxygens (including phenoxy) is 1. The van der Waals surface area contributed by atoms with Crippen molar-refractivity contribution in [2.24, 2.45) is 0 Å². The highest BCUT2D eigenvalue weighted by atomic mass is 16.5. The van der Waals surface area contributed by atoms with Gasteiger partial charge in [0.2, 0.25) is 0 Å². The lowest BCUT2D eigenvalue weighted by atomic mass is 10.0. The first kappa shape index (κ1) is 10.7. The van der Waals surface area contributed by atoms with Crippen molar-refractivity contribution in [2.45, 2.75) is 19.4 Å². The van der Waals surface area contributed by atoms with E-state index in [2.05, 4.69) is 0 Å². The molecule has 0 radical (unpaired) electrons. The molecule has 0 spiro atoms. The third-order valence-corrected chi connectivity index (χ3v) is 2.50. The third-order valence-electron chi connectivity index (χ3n) is 2.50. The Labute approximate surface area is 95.2 Å². The van der Waals surface area contributed by atoms with E-state index >= 15 is 0 Å². The molecule has 0 fully saturated rings. The second-order valence-corrected chi connectivity index (χ2v) is 3.78. The third kappa shape index (κ3) is 2.60. The Hall–Kier alpha value is -1.83. The molecule has 82 valence electrons. The van der Waals surface area contributed by atoms with E-state index in [1.165, 1.54) is 0 Å². The lowest BCUT2D eigenvalue weighted by Crippen LogP contribution is -2.16. The molecule has 0 N–H and O–H groups in total. The zero-order valence-electron chi connectivity index (χ0n) is 9.22. The van der Waals surface area contributed by atoms with Crippen molar-refractivity contribution in [3.05, 3.63) is 54.1 Å². The number of hydrogen-bond donors (Lipinski definition) is 0. The Balaban J connectivity index is 1.97. The second-order valence-electron chi connectivity index (χ2n) is 3.78. The molecular formula is C14H14O2. The molecular weight excluding hydrogens is 200 g/mol.